The summed E-state index contributed by atoms with van der Waals surface area (Å²) in [7, 11) is 1.60. The SMILES string of the molecule is CCOCCCNC(=O)CCCCn1c(=S)[nH]c2c([nH]c3ccc(OC)cc32)c1=O. The number of amides is 1. The number of methoxy groups -OCH3 is 1. The molecule has 0 aliphatic heterocycles. The van der Waals surface area contributed by atoms with Crippen LogP contribution in [-0.2, 0) is 16.1 Å². The number of nitrogens with one attached hydrogen (secondary N) is 3. The summed E-state index contributed by atoms with van der Waals surface area (Å²) >= 11 is 5.42. The highest BCUT2D eigenvalue weighted by molar-refractivity contribution is 7.71. The zero-order valence-corrected chi connectivity index (χ0v) is 18.2. The second-order valence-corrected chi connectivity index (χ2v) is 7.42. The highest BCUT2D eigenvalue weighted by Crippen LogP contribution is 2.25. The van der Waals surface area contributed by atoms with E-state index in [1.807, 2.05) is 25.1 Å². The van der Waals surface area contributed by atoms with Crippen LogP contribution in [0.4, 0.5) is 0 Å². The van der Waals surface area contributed by atoms with Crippen molar-refractivity contribution in [2.24, 2.45) is 0 Å². The Morgan fingerprint density at radius 2 is 2.03 bits per heavy atom. The van der Waals surface area contributed by atoms with Crippen molar-refractivity contribution in [1.29, 1.82) is 0 Å². The van der Waals surface area contributed by atoms with E-state index in [-0.39, 0.29) is 11.5 Å². The smallest absolute Gasteiger partial charge is 0.278 e. The summed E-state index contributed by atoms with van der Waals surface area (Å²) in [5.41, 5.74) is 1.84. The molecule has 0 atom stereocenters. The summed E-state index contributed by atoms with van der Waals surface area (Å²) in [5.74, 6) is 0.729. The van der Waals surface area contributed by atoms with Crippen molar-refractivity contribution in [3.8, 4) is 5.75 Å². The molecule has 1 aromatic carbocycles. The number of nitrogens with zero attached hydrogens (tertiary/aromatic N) is 1. The molecule has 0 radical (unpaired) electrons. The summed E-state index contributed by atoms with van der Waals surface area (Å²) in [6.45, 7) is 4.36. The van der Waals surface area contributed by atoms with Crippen LogP contribution in [0.5, 0.6) is 5.75 Å². The number of rotatable bonds is 11. The first kappa shape index (κ1) is 22.0. The molecule has 9 heteroatoms. The Labute approximate surface area is 179 Å². The predicted molar refractivity (Wildman–Crippen MR) is 120 cm³/mol. The first-order valence-corrected chi connectivity index (χ1v) is 10.6. The molecule has 30 heavy (non-hydrogen) atoms. The molecule has 0 spiro atoms. The molecule has 1 amide bonds. The van der Waals surface area contributed by atoms with E-state index in [4.69, 9.17) is 21.7 Å². The van der Waals surface area contributed by atoms with E-state index in [1.54, 1.807) is 11.7 Å². The highest BCUT2D eigenvalue weighted by atomic mass is 32.1. The number of hydrogen-bond acceptors (Lipinski definition) is 5. The molecule has 0 saturated carbocycles. The van der Waals surface area contributed by atoms with Gasteiger partial charge in [-0.2, -0.15) is 0 Å². The van der Waals surface area contributed by atoms with Gasteiger partial charge in [0, 0.05) is 43.6 Å². The van der Waals surface area contributed by atoms with E-state index in [2.05, 4.69) is 15.3 Å². The van der Waals surface area contributed by atoms with Crippen LogP contribution < -0.4 is 15.6 Å². The number of fused-ring (bicyclic) bond motifs is 3. The Bertz CT molecular complexity index is 1130. The summed E-state index contributed by atoms with van der Waals surface area (Å²) in [4.78, 5) is 31.2. The zero-order valence-electron chi connectivity index (χ0n) is 17.4. The van der Waals surface area contributed by atoms with Gasteiger partial charge in [-0.1, -0.05) is 0 Å². The third-order valence-electron chi connectivity index (χ3n) is 4.97. The van der Waals surface area contributed by atoms with Crippen LogP contribution in [0.25, 0.3) is 21.9 Å². The Kier molecular flexibility index (Phi) is 7.64. The summed E-state index contributed by atoms with van der Waals surface area (Å²) in [6.07, 6.45) is 2.60. The monoisotopic (exact) mass is 432 g/mol. The van der Waals surface area contributed by atoms with Gasteiger partial charge in [0.15, 0.2) is 4.77 Å². The van der Waals surface area contributed by atoms with Crippen molar-refractivity contribution in [3.05, 3.63) is 33.3 Å². The standard InChI is InChI=1S/C21H28N4O4S/c1-3-29-12-6-10-22-17(26)7-4-5-11-25-20(27)19-18(24-21(25)30)15-13-14(28-2)8-9-16(15)23-19/h8-9,13,23H,3-7,10-12H2,1-2H3,(H,22,26)(H,24,30). The van der Waals surface area contributed by atoms with Gasteiger partial charge in [0.2, 0.25) is 5.91 Å². The quantitative estimate of drug-likeness (QED) is 0.319. The van der Waals surface area contributed by atoms with Gasteiger partial charge < -0.3 is 24.8 Å². The normalized spacial score (nSPS) is 11.3. The number of aromatic amines is 2. The zero-order chi connectivity index (χ0) is 21.5. The molecule has 0 fully saturated rings. The van der Waals surface area contributed by atoms with Gasteiger partial charge in [-0.25, -0.2) is 0 Å². The number of unbranched alkanes of at least 4 members (excludes halogenated alkanes) is 1. The number of benzene rings is 1. The Hall–Kier alpha value is -2.65. The molecule has 0 bridgehead atoms. The molecule has 2 heterocycles. The minimum atomic E-state index is -0.163. The third-order valence-corrected chi connectivity index (χ3v) is 5.29. The Balaban J connectivity index is 1.61. The van der Waals surface area contributed by atoms with Gasteiger partial charge in [-0.15, -0.1) is 0 Å². The van der Waals surface area contributed by atoms with E-state index < -0.39 is 0 Å². The maximum Gasteiger partial charge on any atom is 0.278 e. The van der Waals surface area contributed by atoms with Crippen molar-refractivity contribution in [3.63, 3.8) is 0 Å². The van der Waals surface area contributed by atoms with Crippen LogP contribution in [0, 0.1) is 4.77 Å². The minimum Gasteiger partial charge on any atom is -0.497 e. The number of aromatic nitrogens is 3. The fourth-order valence-electron chi connectivity index (χ4n) is 3.38. The van der Waals surface area contributed by atoms with Crippen LogP contribution in [-0.4, -0.2) is 47.3 Å². The fourth-order valence-corrected chi connectivity index (χ4v) is 3.66. The van der Waals surface area contributed by atoms with Gasteiger partial charge in [0.25, 0.3) is 5.56 Å². The first-order chi connectivity index (χ1) is 14.5. The van der Waals surface area contributed by atoms with Gasteiger partial charge in [0.1, 0.15) is 11.3 Å². The summed E-state index contributed by atoms with van der Waals surface area (Å²) in [5, 5.41) is 3.74. The van der Waals surface area contributed by atoms with Gasteiger partial charge in [-0.3, -0.25) is 14.2 Å². The van der Waals surface area contributed by atoms with Crippen molar-refractivity contribution < 1.29 is 14.3 Å². The van der Waals surface area contributed by atoms with E-state index in [9.17, 15) is 9.59 Å². The fraction of sp³-hybridized carbons (Fsp3) is 0.476. The molecular weight excluding hydrogens is 404 g/mol. The highest BCUT2D eigenvalue weighted by Gasteiger charge is 2.12. The topological polar surface area (TPSA) is 101 Å². The lowest BCUT2D eigenvalue weighted by Gasteiger charge is -2.07. The van der Waals surface area contributed by atoms with Crippen molar-refractivity contribution in [2.75, 3.05) is 26.9 Å². The Morgan fingerprint density at radius 3 is 2.80 bits per heavy atom. The summed E-state index contributed by atoms with van der Waals surface area (Å²) in [6, 6.07) is 5.59. The molecular formula is C21H28N4O4S. The molecule has 8 nitrogen and oxygen atoms in total. The van der Waals surface area contributed by atoms with E-state index in [0.29, 0.717) is 67.1 Å². The largest absolute Gasteiger partial charge is 0.497 e. The molecule has 0 saturated heterocycles. The average molecular weight is 433 g/mol. The second kappa shape index (κ2) is 10.4. The number of hydrogen-bond donors (Lipinski definition) is 3. The van der Waals surface area contributed by atoms with Crippen LogP contribution in [0.2, 0.25) is 0 Å². The van der Waals surface area contributed by atoms with Gasteiger partial charge in [0.05, 0.1) is 12.6 Å². The van der Waals surface area contributed by atoms with Crippen LogP contribution >= 0.6 is 12.2 Å². The van der Waals surface area contributed by atoms with Crippen LogP contribution in [0.3, 0.4) is 0 Å². The van der Waals surface area contributed by atoms with E-state index >= 15 is 0 Å². The van der Waals surface area contributed by atoms with Gasteiger partial charge in [-0.05, 0) is 56.6 Å². The third kappa shape index (κ3) is 5.09. The first-order valence-electron chi connectivity index (χ1n) is 10.2. The lowest BCUT2D eigenvalue weighted by atomic mass is 10.2. The Morgan fingerprint density at radius 1 is 1.20 bits per heavy atom. The van der Waals surface area contributed by atoms with Crippen molar-refractivity contribution in [2.45, 2.75) is 39.2 Å². The van der Waals surface area contributed by atoms with Gasteiger partial charge >= 0.3 is 0 Å². The molecule has 2 aromatic heterocycles. The molecule has 3 aromatic rings. The molecule has 0 unspecified atom stereocenters. The lowest BCUT2D eigenvalue weighted by Crippen LogP contribution is -2.25. The maximum atomic E-state index is 13.0. The molecule has 0 aliphatic rings. The number of carbonyl (C=O) groups excluding carboxylic acids is 1. The van der Waals surface area contributed by atoms with Crippen molar-refractivity contribution in [1.82, 2.24) is 19.9 Å². The van der Waals surface area contributed by atoms with E-state index in [0.717, 1.165) is 17.3 Å². The van der Waals surface area contributed by atoms with Crippen molar-refractivity contribution >= 4 is 40.1 Å². The number of H-pyrrole nitrogens is 2. The van der Waals surface area contributed by atoms with E-state index in [1.165, 1.54) is 0 Å². The molecule has 3 N–H and O–H groups in total. The number of ether oxygens (including phenoxy) is 2. The predicted octanol–water partition coefficient (Wildman–Crippen LogP) is 3.26. The minimum absolute atomic E-state index is 0.0176. The lowest BCUT2D eigenvalue weighted by molar-refractivity contribution is -0.121. The second-order valence-electron chi connectivity index (χ2n) is 7.03. The maximum absolute atomic E-state index is 13.0. The van der Waals surface area contributed by atoms with Crippen LogP contribution in [0.15, 0.2) is 23.0 Å². The molecule has 162 valence electrons. The molecule has 3 rings (SSSR count). The summed E-state index contributed by atoms with van der Waals surface area (Å²) < 4.78 is 12.4. The van der Waals surface area contributed by atoms with Crippen LogP contribution in [0.1, 0.15) is 32.6 Å². The average Bonchev–Trinajstić information content (AvgIpc) is 3.10. The number of carbonyl (C=O) groups is 1. The molecule has 0 aliphatic carbocycles.